The highest BCUT2D eigenvalue weighted by molar-refractivity contribution is 9.10. The maximum Gasteiger partial charge on any atom is 0.0229 e. The van der Waals surface area contributed by atoms with Crippen molar-refractivity contribution in [2.45, 2.75) is 173 Å². The Labute approximate surface area is 194 Å². The highest BCUT2D eigenvalue weighted by atomic mass is 79.9. The van der Waals surface area contributed by atoms with Crippen molar-refractivity contribution >= 4 is 15.9 Å². The normalized spacial score (nSPS) is 13.1. The predicted octanol–water partition coefficient (Wildman–Crippen LogP) is 11.4. The second-order valence-corrected chi connectivity index (χ2v) is 12.2. The molecule has 176 valence electrons. The van der Waals surface area contributed by atoms with Crippen LogP contribution in [0.25, 0.3) is 0 Å². The van der Waals surface area contributed by atoms with Gasteiger partial charge in [0.25, 0.3) is 0 Å². The molecule has 1 unspecified atom stereocenters. The van der Waals surface area contributed by atoms with E-state index >= 15 is 0 Å². The van der Waals surface area contributed by atoms with Crippen molar-refractivity contribution in [3.05, 3.63) is 0 Å². The van der Waals surface area contributed by atoms with E-state index in [-0.39, 0.29) is 0 Å². The van der Waals surface area contributed by atoms with Crippen molar-refractivity contribution in [3.8, 4) is 0 Å². The zero-order valence-electron chi connectivity index (χ0n) is 21.0. The van der Waals surface area contributed by atoms with Crippen molar-refractivity contribution in [3.63, 3.8) is 0 Å². The Morgan fingerprint density at radius 3 is 0.931 bits per heavy atom. The van der Waals surface area contributed by atoms with Crippen molar-refractivity contribution < 1.29 is 0 Å². The number of hydrogen-bond donors (Lipinski definition) is 0. The lowest BCUT2D eigenvalue weighted by atomic mass is 9.85. The number of unbranched alkanes of at least 4 members (excludes halogenated alkanes) is 18. The molecule has 0 aromatic rings. The second kappa shape index (κ2) is 21.7. The lowest BCUT2D eigenvalue weighted by Gasteiger charge is -2.29. The largest absolute Gasteiger partial charge is 0.0856 e. The van der Waals surface area contributed by atoms with Gasteiger partial charge in [0.2, 0.25) is 0 Å². The van der Waals surface area contributed by atoms with Crippen LogP contribution in [0.5, 0.6) is 0 Å². The summed E-state index contributed by atoms with van der Waals surface area (Å²) in [7, 11) is 0. The van der Waals surface area contributed by atoms with Crippen LogP contribution >= 0.6 is 15.9 Å². The predicted molar refractivity (Wildman–Crippen MR) is 139 cm³/mol. The molecular weight excluding hydrogens is 416 g/mol. The molecule has 0 rings (SSSR count). The average molecular weight is 474 g/mol. The van der Waals surface area contributed by atoms with Crippen LogP contribution in [0.1, 0.15) is 169 Å². The van der Waals surface area contributed by atoms with Crippen LogP contribution in [-0.4, -0.2) is 4.32 Å². The molecule has 0 saturated heterocycles. The molecule has 0 saturated carbocycles. The molecule has 0 fully saturated rings. The van der Waals surface area contributed by atoms with Gasteiger partial charge in [0.05, 0.1) is 0 Å². The minimum absolute atomic E-state index is 0.312. The number of halogens is 1. The maximum absolute atomic E-state index is 3.98. The highest BCUT2D eigenvalue weighted by Crippen LogP contribution is 2.35. The van der Waals surface area contributed by atoms with Gasteiger partial charge in [-0.15, -0.1) is 0 Å². The van der Waals surface area contributed by atoms with Crippen molar-refractivity contribution in [2.75, 3.05) is 0 Å². The van der Waals surface area contributed by atoms with Gasteiger partial charge in [0.1, 0.15) is 0 Å². The third-order valence-corrected chi connectivity index (χ3v) is 7.43. The monoisotopic (exact) mass is 472 g/mol. The summed E-state index contributed by atoms with van der Waals surface area (Å²) < 4.78 is 0.312. The van der Waals surface area contributed by atoms with Gasteiger partial charge in [-0.1, -0.05) is 158 Å². The summed E-state index contributed by atoms with van der Waals surface area (Å²) in [5.74, 6) is 0.853. The third-order valence-electron chi connectivity index (χ3n) is 6.78. The Hall–Kier alpha value is 0.480. The standard InChI is InChI=1S/C28H57Br/c1-5-7-9-11-13-14-15-16-17-18-19-20-22-24-26-27(28(3,4)29)25-23-21-12-10-8-6-2/h27H,5-26H2,1-4H3. The Morgan fingerprint density at radius 1 is 0.448 bits per heavy atom. The van der Waals surface area contributed by atoms with Crippen LogP contribution in [0.3, 0.4) is 0 Å². The fourth-order valence-corrected chi connectivity index (χ4v) is 5.04. The third kappa shape index (κ3) is 21.5. The average Bonchev–Trinajstić information content (AvgIpc) is 2.68. The lowest BCUT2D eigenvalue weighted by Crippen LogP contribution is -2.24. The van der Waals surface area contributed by atoms with Gasteiger partial charge in [0, 0.05) is 4.32 Å². The van der Waals surface area contributed by atoms with Gasteiger partial charge in [-0.25, -0.2) is 0 Å². The van der Waals surface area contributed by atoms with Crippen molar-refractivity contribution in [2.24, 2.45) is 5.92 Å². The molecule has 0 aliphatic carbocycles. The summed E-state index contributed by atoms with van der Waals surface area (Å²) in [5.41, 5.74) is 0. The summed E-state index contributed by atoms with van der Waals surface area (Å²) in [6, 6.07) is 0. The summed E-state index contributed by atoms with van der Waals surface area (Å²) in [5, 5.41) is 0. The molecule has 1 heteroatoms. The molecule has 0 aromatic carbocycles. The first-order valence-electron chi connectivity index (χ1n) is 13.7. The first kappa shape index (κ1) is 29.5. The molecule has 0 aliphatic rings. The Morgan fingerprint density at radius 2 is 0.690 bits per heavy atom. The van der Waals surface area contributed by atoms with E-state index < -0.39 is 0 Å². The fraction of sp³-hybridized carbons (Fsp3) is 1.00. The van der Waals surface area contributed by atoms with Gasteiger partial charge in [-0.05, 0) is 32.6 Å². The van der Waals surface area contributed by atoms with E-state index in [2.05, 4.69) is 43.6 Å². The van der Waals surface area contributed by atoms with Crippen molar-refractivity contribution in [1.29, 1.82) is 0 Å². The summed E-state index contributed by atoms with van der Waals surface area (Å²) in [6.07, 6.45) is 31.8. The molecule has 29 heavy (non-hydrogen) atoms. The van der Waals surface area contributed by atoms with Gasteiger partial charge >= 0.3 is 0 Å². The minimum Gasteiger partial charge on any atom is -0.0856 e. The van der Waals surface area contributed by atoms with Gasteiger partial charge < -0.3 is 0 Å². The first-order valence-corrected chi connectivity index (χ1v) is 14.5. The topological polar surface area (TPSA) is 0 Å². The fourth-order valence-electron chi connectivity index (χ4n) is 4.59. The Bertz CT molecular complexity index is 304. The number of hydrogen-bond acceptors (Lipinski definition) is 0. The van der Waals surface area contributed by atoms with Gasteiger partial charge in [0.15, 0.2) is 0 Å². The Kier molecular flexibility index (Phi) is 22.1. The second-order valence-electron chi connectivity index (χ2n) is 10.2. The van der Waals surface area contributed by atoms with Crippen LogP contribution in [0.15, 0.2) is 0 Å². The zero-order chi connectivity index (χ0) is 21.6. The van der Waals surface area contributed by atoms with E-state index in [9.17, 15) is 0 Å². The molecule has 0 aliphatic heterocycles. The smallest absolute Gasteiger partial charge is 0.0229 e. The van der Waals surface area contributed by atoms with E-state index in [0.29, 0.717) is 4.32 Å². The lowest BCUT2D eigenvalue weighted by molar-refractivity contribution is 0.345. The molecule has 0 N–H and O–H groups in total. The van der Waals surface area contributed by atoms with E-state index in [1.54, 1.807) is 0 Å². The molecule has 0 spiro atoms. The van der Waals surface area contributed by atoms with Crippen LogP contribution < -0.4 is 0 Å². The van der Waals surface area contributed by atoms with E-state index in [1.165, 1.54) is 141 Å². The minimum atomic E-state index is 0.312. The summed E-state index contributed by atoms with van der Waals surface area (Å²) in [6.45, 7) is 9.38. The van der Waals surface area contributed by atoms with Gasteiger partial charge in [-0.2, -0.15) is 0 Å². The summed E-state index contributed by atoms with van der Waals surface area (Å²) >= 11 is 3.98. The Balaban J connectivity index is 3.51. The molecule has 0 heterocycles. The van der Waals surface area contributed by atoms with E-state index in [4.69, 9.17) is 0 Å². The number of rotatable bonds is 23. The molecule has 0 aromatic heterocycles. The molecule has 0 radical (unpaired) electrons. The van der Waals surface area contributed by atoms with Crippen LogP contribution in [-0.2, 0) is 0 Å². The van der Waals surface area contributed by atoms with Crippen LogP contribution in [0.2, 0.25) is 0 Å². The molecule has 0 bridgehead atoms. The summed E-state index contributed by atoms with van der Waals surface area (Å²) in [4.78, 5) is 0. The van der Waals surface area contributed by atoms with Gasteiger partial charge in [-0.3, -0.25) is 0 Å². The van der Waals surface area contributed by atoms with Crippen LogP contribution in [0.4, 0.5) is 0 Å². The number of alkyl halides is 1. The maximum atomic E-state index is 3.98. The zero-order valence-corrected chi connectivity index (χ0v) is 22.6. The molecule has 0 nitrogen and oxygen atoms in total. The molecular formula is C28H57Br. The first-order chi connectivity index (χ1) is 14.0. The van der Waals surface area contributed by atoms with Crippen LogP contribution in [0, 0.1) is 5.92 Å². The highest BCUT2D eigenvalue weighted by Gasteiger charge is 2.25. The van der Waals surface area contributed by atoms with E-state index in [0.717, 1.165) is 5.92 Å². The molecule has 0 amide bonds. The van der Waals surface area contributed by atoms with Crippen molar-refractivity contribution in [1.82, 2.24) is 0 Å². The molecule has 1 atom stereocenters. The SMILES string of the molecule is CCCCCCCCCCCCCCCCC(CCCCCCCC)C(C)(C)Br. The van der Waals surface area contributed by atoms with E-state index in [1.807, 2.05) is 0 Å². The quantitative estimate of drug-likeness (QED) is 0.102.